The minimum Gasteiger partial charge on any atom is -0.378 e. The van der Waals surface area contributed by atoms with Crippen molar-refractivity contribution in [1.29, 1.82) is 0 Å². The van der Waals surface area contributed by atoms with Crippen molar-refractivity contribution >= 4 is 17.5 Å². The minimum atomic E-state index is -0.182. The van der Waals surface area contributed by atoms with Crippen LogP contribution in [0.1, 0.15) is 16.2 Å². The van der Waals surface area contributed by atoms with Crippen molar-refractivity contribution < 1.29 is 9.53 Å². The highest BCUT2D eigenvalue weighted by Crippen LogP contribution is 1.97. The second-order valence-electron chi connectivity index (χ2n) is 3.22. The molecule has 5 heteroatoms. The van der Waals surface area contributed by atoms with Gasteiger partial charge in [-0.2, -0.15) is 0 Å². The molecule has 0 radical (unpaired) electrons. The summed E-state index contributed by atoms with van der Waals surface area (Å²) in [5, 5.41) is 2.72. The molecule has 0 aliphatic carbocycles. The first kappa shape index (κ1) is 12.9. The molecule has 16 heavy (non-hydrogen) atoms. The van der Waals surface area contributed by atoms with Gasteiger partial charge in [0.1, 0.15) is 5.69 Å². The molecule has 0 fully saturated rings. The highest BCUT2D eigenvalue weighted by Gasteiger charge is 2.05. The van der Waals surface area contributed by atoms with Crippen LogP contribution in [0.3, 0.4) is 0 Å². The Labute approximate surface area is 100.0 Å². The van der Waals surface area contributed by atoms with E-state index in [0.29, 0.717) is 31.3 Å². The van der Waals surface area contributed by atoms with Crippen LogP contribution in [0.15, 0.2) is 18.2 Å². The molecule has 0 spiro atoms. The monoisotopic (exact) mass is 242 g/mol. The van der Waals surface area contributed by atoms with Crippen molar-refractivity contribution in [2.24, 2.45) is 0 Å². The molecule has 0 saturated carbocycles. The van der Waals surface area contributed by atoms with Gasteiger partial charge in [-0.15, -0.1) is 11.6 Å². The summed E-state index contributed by atoms with van der Waals surface area (Å²) in [6.45, 7) is 3.27. The molecular weight excluding hydrogens is 228 g/mol. The Hall–Kier alpha value is -1.13. The lowest BCUT2D eigenvalue weighted by Gasteiger charge is -2.05. The fourth-order valence-electron chi connectivity index (χ4n) is 1.15. The van der Waals surface area contributed by atoms with E-state index in [0.717, 1.165) is 5.69 Å². The Morgan fingerprint density at radius 3 is 3.00 bits per heavy atom. The van der Waals surface area contributed by atoms with E-state index >= 15 is 0 Å². The van der Waals surface area contributed by atoms with Crippen LogP contribution in [0, 0.1) is 6.92 Å². The number of aromatic nitrogens is 1. The summed E-state index contributed by atoms with van der Waals surface area (Å²) in [4.78, 5) is 15.7. The quantitative estimate of drug-likeness (QED) is 0.606. The van der Waals surface area contributed by atoms with Gasteiger partial charge in [0.05, 0.1) is 13.2 Å². The highest BCUT2D eigenvalue weighted by atomic mass is 35.5. The molecule has 1 aromatic heterocycles. The van der Waals surface area contributed by atoms with Gasteiger partial charge < -0.3 is 10.1 Å². The summed E-state index contributed by atoms with van der Waals surface area (Å²) in [7, 11) is 0. The van der Waals surface area contributed by atoms with Crippen LogP contribution in [0.5, 0.6) is 0 Å². The molecule has 88 valence electrons. The Balaban J connectivity index is 2.30. The topological polar surface area (TPSA) is 51.2 Å². The van der Waals surface area contributed by atoms with Gasteiger partial charge in [-0.1, -0.05) is 6.07 Å². The van der Waals surface area contributed by atoms with Crippen molar-refractivity contribution in [1.82, 2.24) is 10.3 Å². The zero-order chi connectivity index (χ0) is 11.8. The van der Waals surface area contributed by atoms with Gasteiger partial charge in [-0.05, 0) is 19.1 Å². The lowest BCUT2D eigenvalue weighted by Crippen LogP contribution is -2.28. The number of nitrogens with one attached hydrogen (secondary N) is 1. The molecule has 1 aromatic rings. The minimum absolute atomic E-state index is 0.182. The van der Waals surface area contributed by atoms with Gasteiger partial charge in [0.15, 0.2) is 0 Å². The fourth-order valence-corrected chi connectivity index (χ4v) is 1.26. The average molecular weight is 243 g/mol. The van der Waals surface area contributed by atoms with Gasteiger partial charge in [0.25, 0.3) is 5.91 Å². The van der Waals surface area contributed by atoms with E-state index in [1.165, 1.54) is 0 Å². The molecule has 0 saturated heterocycles. The summed E-state index contributed by atoms with van der Waals surface area (Å²) in [5.41, 5.74) is 1.25. The number of ether oxygens (including phenoxy) is 1. The maximum absolute atomic E-state index is 11.6. The Kier molecular flexibility index (Phi) is 5.82. The number of hydrogen-bond acceptors (Lipinski definition) is 3. The summed E-state index contributed by atoms with van der Waals surface area (Å²) >= 11 is 5.43. The van der Waals surface area contributed by atoms with Crippen LogP contribution in [0.25, 0.3) is 0 Å². The van der Waals surface area contributed by atoms with E-state index in [1.54, 1.807) is 12.1 Å². The molecule has 0 aliphatic rings. The van der Waals surface area contributed by atoms with E-state index in [4.69, 9.17) is 16.3 Å². The summed E-state index contributed by atoms with van der Waals surface area (Å²) in [5.74, 6) is 0.283. The fraction of sp³-hybridized carbons (Fsp3) is 0.455. The summed E-state index contributed by atoms with van der Waals surface area (Å²) in [6, 6.07) is 5.34. The maximum atomic E-state index is 11.6. The van der Waals surface area contributed by atoms with Gasteiger partial charge >= 0.3 is 0 Å². The smallest absolute Gasteiger partial charge is 0.269 e. The number of hydrogen-bond donors (Lipinski definition) is 1. The van der Waals surface area contributed by atoms with Crippen LogP contribution in [0.4, 0.5) is 0 Å². The zero-order valence-electron chi connectivity index (χ0n) is 9.20. The third-order valence-corrected chi connectivity index (χ3v) is 2.03. The third-order valence-electron chi connectivity index (χ3n) is 1.87. The molecule has 0 bridgehead atoms. The SMILES string of the molecule is Cc1cccc(C(=O)NCCOCCCl)n1. The van der Waals surface area contributed by atoms with E-state index < -0.39 is 0 Å². The number of pyridine rings is 1. The second-order valence-corrected chi connectivity index (χ2v) is 3.60. The van der Waals surface area contributed by atoms with E-state index in [2.05, 4.69) is 10.3 Å². The van der Waals surface area contributed by atoms with E-state index in [9.17, 15) is 4.79 Å². The largest absolute Gasteiger partial charge is 0.378 e. The molecule has 1 amide bonds. The van der Waals surface area contributed by atoms with Crippen molar-refractivity contribution in [2.75, 3.05) is 25.6 Å². The van der Waals surface area contributed by atoms with Crippen LogP contribution in [0.2, 0.25) is 0 Å². The molecule has 1 heterocycles. The number of nitrogens with zero attached hydrogens (tertiary/aromatic N) is 1. The highest BCUT2D eigenvalue weighted by molar-refractivity contribution is 6.17. The number of alkyl halides is 1. The van der Waals surface area contributed by atoms with E-state index in [-0.39, 0.29) is 5.91 Å². The van der Waals surface area contributed by atoms with Crippen LogP contribution in [-0.4, -0.2) is 36.5 Å². The first-order valence-corrected chi connectivity index (χ1v) is 5.63. The van der Waals surface area contributed by atoms with Crippen molar-refractivity contribution in [3.05, 3.63) is 29.6 Å². The van der Waals surface area contributed by atoms with Crippen LogP contribution >= 0.6 is 11.6 Å². The molecule has 0 aromatic carbocycles. The van der Waals surface area contributed by atoms with Gasteiger partial charge in [0.2, 0.25) is 0 Å². The molecule has 4 nitrogen and oxygen atoms in total. The van der Waals surface area contributed by atoms with Crippen LogP contribution < -0.4 is 5.32 Å². The van der Waals surface area contributed by atoms with Gasteiger partial charge in [-0.25, -0.2) is 4.98 Å². The maximum Gasteiger partial charge on any atom is 0.269 e. The number of rotatable bonds is 6. The van der Waals surface area contributed by atoms with Gasteiger partial charge in [0, 0.05) is 18.1 Å². The van der Waals surface area contributed by atoms with Crippen LogP contribution in [-0.2, 0) is 4.74 Å². The van der Waals surface area contributed by atoms with Crippen molar-refractivity contribution in [3.63, 3.8) is 0 Å². The summed E-state index contributed by atoms with van der Waals surface area (Å²) < 4.78 is 5.13. The number of carbonyl (C=O) groups is 1. The van der Waals surface area contributed by atoms with Gasteiger partial charge in [-0.3, -0.25) is 4.79 Å². The number of amides is 1. The Bertz CT molecular complexity index is 345. The predicted molar refractivity (Wildman–Crippen MR) is 62.8 cm³/mol. The number of halogens is 1. The molecule has 0 aliphatic heterocycles. The average Bonchev–Trinajstić information content (AvgIpc) is 2.28. The van der Waals surface area contributed by atoms with Crippen molar-refractivity contribution in [2.45, 2.75) is 6.92 Å². The Morgan fingerprint density at radius 2 is 2.31 bits per heavy atom. The molecule has 0 atom stereocenters. The molecule has 1 rings (SSSR count). The first-order valence-electron chi connectivity index (χ1n) is 5.09. The van der Waals surface area contributed by atoms with Crippen molar-refractivity contribution in [3.8, 4) is 0 Å². The predicted octanol–water partition coefficient (Wildman–Crippen LogP) is 1.38. The standard InChI is InChI=1S/C11H15ClN2O2/c1-9-3-2-4-10(14-9)11(15)13-6-8-16-7-5-12/h2-4H,5-8H2,1H3,(H,13,15). The lowest BCUT2D eigenvalue weighted by molar-refractivity contribution is 0.0918. The number of carbonyl (C=O) groups excluding carboxylic acids is 1. The Morgan fingerprint density at radius 1 is 1.50 bits per heavy atom. The van der Waals surface area contributed by atoms with E-state index in [1.807, 2.05) is 13.0 Å². The second kappa shape index (κ2) is 7.19. The summed E-state index contributed by atoms with van der Waals surface area (Å²) in [6.07, 6.45) is 0. The lowest BCUT2D eigenvalue weighted by atomic mass is 10.3. The number of aryl methyl sites for hydroxylation is 1. The molecule has 0 unspecified atom stereocenters. The normalized spacial score (nSPS) is 10.1. The first-order chi connectivity index (χ1) is 7.74. The molecular formula is C11H15ClN2O2. The molecule has 1 N–H and O–H groups in total. The zero-order valence-corrected chi connectivity index (χ0v) is 9.96. The third kappa shape index (κ3) is 4.59.